The molecule has 1 saturated heterocycles. The van der Waals surface area contributed by atoms with Crippen LogP contribution < -0.4 is 9.47 Å². The molecule has 0 N–H and O–H groups in total. The maximum atomic E-state index is 13.0. The van der Waals surface area contributed by atoms with Gasteiger partial charge in [-0.3, -0.25) is 24.6 Å². The first-order chi connectivity index (χ1) is 17.4. The monoisotopic (exact) mass is 504 g/mol. The summed E-state index contributed by atoms with van der Waals surface area (Å²) < 4.78 is 11.6. The summed E-state index contributed by atoms with van der Waals surface area (Å²) in [6.45, 7) is 4.64. The van der Waals surface area contributed by atoms with Crippen LogP contribution in [0.5, 0.6) is 11.5 Å². The van der Waals surface area contributed by atoms with Gasteiger partial charge in [0.15, 0.2) is 11.5 Å². The van der Waals surface area contributed by atoms with Gasteiger partial charge in [0.05, 0.1) is 23.0 Å². The van der Waals surface area contributed by atoms with Crippen LogP contribution in [0.1, 0.15) is 29.2 Å². The lowest BCUT2D eigenvalue weighted by Crippen LogP contribution is -2.27. The van der Waals surface area contributed by atoms with Gasteiger partial charge >= 0.3 is 0 Å². The molecule has 0 atom stereocenters. The Morgan fingerprint density at radius 1 is 1.00 bits per heavy atom. The minimum Gasteiger partial charge on any atom is -0.490 e. The summed E-state index contributed by atoms with van der Waals surface area (Å²) in [4.78, 5) is 37.5. The van der Waals surface area contributed by atoms with Gasteiger partial charge in [-0.1, -0.05) is 30.3 Å². The highest BCUT2D eigenvalue weighted by Gasteiger charge is 2.35. The molecule has 0 spiro atoms. The van der Waals surface area contributed by atoms with Crippen molar-refractivity contribution >= 4 is 34.7 Å². The van der Waals surface area contributed by atoms with Crippen LogP contribution in [0.3, 0.4) is 0 Å². The summed E-state index contributed by atoms with van der Waals surface area (Å²) >= 11 is 0.914. The Kier molecular flexibility index (Phi) is 7.70. The third kappa shape index (κ3) is 5.75. The first kappa shape index (κ1) is 25.0. The third-order valence-electron chi connectivity index (χ3n) is 5.57. The van der Waals surface area contributed by atoms with Crippen molar-refractivity contribution in [3.05, 3.63) is 104 Å². The second kappa shape index (κ2) is 11.1. The predicted octanol–water partition coefficient (Wildman–Crippen LogP) is 6.12. The average molecular weight is 505 g/mol. The van der Waals surface area contributed by atoms with Crippen molar-refractivity contribution in [3.8, 4) is 11.5 Å². The van der Waals surface area contributed by atoms with E-state index < -0.39 is 4.92 Å². The highest BCUT2D eigenvalue weighted by molar-refractivity contribution is 8.18. The molecule has 1 aliphatic heterocycles. The van der Waals surface area contributed by atoms with Gasteiger partial charge in [0.25, 0.3) is 16.8 Å². The molecule has 9 heteroatoms. The molecule has 0 bridgehead atoms. The van der Waals surface area contributed by atoms with Crippen molar-refractivity contribution in [1.29, 1.82) is 0 Å². The van der Waals surface area contributed by atoms with Crippen molar-refractivity contribution in [2.45, 2.75) is 27.0 Å². The maximum Gasteiger partial charge on any atom is 0.293 e. The highest BCUT2D eigenvalue weighted by atomic mass is 32.2. The summed E-state index contributed by atoms with van der Waals surface area (Å²) in [5.74, 6) is 0.664. The molecule has 0 saturated carbocycles. The van der Waals surface area contributed by atoms with Gasteiger partial charge in [-0.2, -0.15) is 0 Å². The Morgan fingerprint density at radius 3 is 2.44 bits per heavy atom. The lowest BCUT2D eigenvalue weighted by atomic mass is 10.1. The van der Waals surface area contributed by atoms with Crippen LogP contribution in [0.15, 0.2) is 71.6 Å². The summed E-state index contributed by atoms with van der Waals surface area (Å²) in [5, 5.41) is 10.5. The van der Waals surface area contributed by atoms with Crippen molar-refractivity contribution in [3.63, 3.8) is 0 Å². The summed E-state index contributed by atoms with van der Waals surface area (Å²) in [7, 11) is 0. The number of imide groups is 1. The maximum absolute atomic E-state index is 13.0. The quantitative estimate of drug-likeness (QED) is 0.197. The zero-order chi connectivity index (χ0) is 25.7. The fraction of sp³-hybridized carbons (Fsp3) is 0.185. The Bertz CT molecular complexity index is 1340. The number of rotatable bonds is 9. The Balaban J connectivity index is 1.49. The lowest BCUT2D eigenvalue weighted by molar-refractivity contribution is -0.384. The summed E-state index contributed by atoms with van der Waals surface area (Å²) in [6, 6.07) is 19.1. The minimum atomic E-state index is -0.450. The number of carbonyl (C=O) groups is 2. The normalized spacial score (nSPS) is 14.4. The van der Waals surface area contributed by atoms with Gasteiger partial charge in [-0.25, -0.2) is 0 Å². The zero-order valence-electron chi connectivity index (χ0n) is 19.8. The molecule has 8 nitrogen and oxygen atoms in total. The predicted molar refractivity (Wildman–Crippen MR) is 138 cm³/mol. The molecule has 0 aliphatic carbocycles. The van der Waals surface area contributed by atoms with Gasteiger partial charge in [0.1, 0.15) is 6.61 Å². The number of non-ortho nitro benzene ring substituents is 1. The fourth-order valence-electron chi connectivity index (χ4n) is 3.62. The molecule has 0 unspecified atom stereocenters. The number of nitrogens with zero attached hydrogens (tertiary/aromatic N) is 2. The van der Waals surface area contributed by atoms with E-state index in [-0.39, 0.29) is 30.0 Å². The second-order valence-corrected chi connectivity index (χ2v) is 9.04. The van der Waals surface area contributed by atoms with Gasteiger partial charge in [-0.15, -0.1) is 0 Å². The number of amides is 2. The van der Waals surface area contributed by atoms with Gasteiger partial charge in [0, 0.05) is 12.1 Å². The van der Waals surface area contributed by atoms with E-state index in [1.807, 2.05) is 38.1 Å². The van der Waals surface area contributed by atoms with E-state index >= 15 is 0 Å². The molecular weight excluding hydrogens is 480 g/mol. The first-order valence-electron chi connectivity index (χ1n) is 11.3. The molecule has 36 heavy (non-hydrogen) atoms. The van der Waals surface area contributed by atoms with Crippen LogP contribution in [0, 0.1) is 17.0 Å². The van der Waals surface area contributed by atoms with Gasteiger partial charge < -0.3 is 9.47 Å². The standard InChI is InChI=1S/C27H24N2O6S/c1-3-34-24-14-20(10-13-23(24)35-17-19-8-11-22(12-9-19)29(32)33)15-25-26(30)28(27(31)36-25)16-21-7-5-4-6-18(21)2/h4-15H,3,16-17H2,1-2H3/b25-15-. The molecule has 0 radical (unpaired) electrons. The SMILES string of the molecule is CCOc1cc(/C=C2\SC(=O)N(Cc3ccccc3C)C2=O)ccc1OCc1ccc([N+](=O)[O-])cc1. The molecule has 1 fully saturated rings. The minimum absolute atomic E-state index is 0.0152. The van der Waals surface area contributed by atoms with Crippen LogP contribution in [0.4, 0.5) is 10.5 Å². The van der Waals surface area contributed by atoms with E-state index in [2.05, 4.69) is 0 Å². The lowest BCUT2D eigenvalue weighted by Gasteiger charge is -2.14. The number of ether oxygens (including phenoxy) is 2. The molecule has 3 aromatic carbocycles. The Hall–Kier alpha value is -4.11. The van der Waals surface area contributed by atoms with E-state index in [0.29, 0.717) is 28.6 Å². The van der Waals surface area contributed by atoms with E-state index in [0.717, 1.165) is 28.5 Å². The van der Waals surface area contributed by atoms with Gasteiger partial charge in [0.2, 0.25) is 0 Å². The molecule has 1 heterocycles. The largest absolute Gasteiger partial charge is 0.490 e. The number of carbonyl (C=O) groups excluding carboxylic acids is 2. The van der Waals surface area contributed by atoms with Crippen LogP contribution in [0.2, 0.25) is 0 Å². The first-order valence-corrected chi connectivity index (χ1v) is 12.1. The van der Waals surface area contributed by atoms with Crippen molar-refractivity contribution < 1.29 is 24.0 Å². The number of nitro benzene ring substituents is 1. The van der Waals surface area contributed by atoms with Crippen molar-refractivity contribution in [2.75, 3.05) is 6.61 Å². The number of thioether (sulfide) groups is 1. The molecular formula is C27H24N2O6S. The molecule has 1 aliphatic rings. The molecule has 4 rings (SSSR count). The number of hydrogen-bond acceptors (Lipinski definition) is 7. The number of hydrogen-bond donors (Lipinski definition) is 0. The second-order valence-electron chi connectivity index (χ2n) is 8.05. The van der Waals surface area contributed by atoms with Crippen molar-refractivity contribution in [1.82, 2.24) is 4.90 Å². The molecule has 0 aromatic heterocycles. The van der Waals surface area contributed by atoms with Crippen molar-refractivity contribution in [2.24, 2.45) is 0 Å². The van der Waals surface area contributed by atoms with Crippen LogP contribution in [0.25, 0.3) is 6.08 Å². The number of aryl methyl sites for hydroxylation is 1. The topological polar surface area (TPSA) is 99.0 Å². The van der Waals surface area contributed by atoms with E-state index in [9.17, 15) is 19.7 Å². The van der Waals surface area contributed by atoms with E-state index in [4.69, 9.17) is 9.47 Å². The zero-order valence-corrected chi connectivity index (χ0v) is 20.6. The smallest absolute Gasteiger partial charge is 0.293 e. The van der Waals surface area contributed by atoms with E-state index in [1.165, 1.54) is 17.0 Å². The highest BCUT2D eigenvalue weighted by Crippen LogP contribution is 2.36. The molecule has 2 amide bonds. The van der Waals surface area contributed by atoms with Crippen LogP contribution in [-0.4, -0.2) is 27.6 Å². The third-order valence-corrected chi connectivity index (χ3v) is 6.48. The van der Waals surface area contributed by atoms with E-state index in [1.54, 1.807) is 36.4 Å². The average Bonchev–Trinajstić information content (AvgIpc) is 3.12. The Labute approximate surface area is 212 Å². The number of benzene rings is 3. The van der Waals surface area contributed by atoms with Crippen LogP contribution >= 0.6 is 11.8 Å². The number of nitro groups is 1. The van der Waals surface area contributed by atoms with Crippen LogP contribution in [-0.2, 0) is 17.9 Å². The Morgan fingerprint density at radius 2 is 1.75 bits per heavy atom. The summed E-state index contributed by atoms with van der Waals surface area (Å²) in [6.07, 6.45) is 1.67. The molecule has 184 valence electrons. The van der Waals surface area contributed by atoms with Gasteiger partial charge in [-0.05, 0) is 78.2 Å². The summed E-state index contributed by atoms with van der Waals surface area (Å²) in [5.41, 5.74) is 3.43. The molecule has 3 aromatic rings. The fourth-order valence-corrected chi connectivity index (χ4v) is 4.46.